The van der Waals surface area contributed by atoms with Crippen LogP contribution in [0.1, 0.15) is 51.7 Å². The van der Waals surface area contributed by atoms with Crippen LogP contribution in [-0.2, 0) is 35.1 Å². The molecule has 0 aliphatic carbocycles. The number of rotatable bonds is 8. The maximum atomic E-state index is 13.4. The van der Waals surface area contributed by atoms with Crippen molar-refractivity contribution in [2.24, 2.45) is 17.8 Å². The maximum absolute atomic E-state index is 13.4. The molecule has 0 saturated heterocycles. The fourth-order valence-corrected chi connectivity index (χ4v) is 4.94. The van der Waals surface area contributed by atoms with Gasteiger partial charge in [-0.15, -0.1) is 0 Å². The van der Waals surface area contributed by atoms with Crippen molar-refractivity contribution in [3.63, 3.8) is 0 Å². The molecule has 0 saturated carbocycles. The summed E-state index contributed by atoms with van der Waals surface area (Å²) in [6, 6.07) is 13.9. The van der Waals surface area contributed by atoms with Crippen LogP contribution >= 0.6 is 11.6 Å². The number of carbonyl (C=O) groups excluding carboxylic acids is 4. The lowest BCUT2D eigenvalue weighted by molar-refractivity contribution is -0.178. The summed E-state index contributed by atoms with van der Waals surface area (Å²) in [5.74, 6) is -3.10. The number of halogens is 1. The molecule has 0 fully saturated rings. The zero-order chi connectivity index (χ0) is 32.9. The van der Waals surface area contributed by atoms with Crippen molar-refractivity contribution in [1.29, 1.82) is 0 Å². The lowest BCUT2D eigenvalue weighted by Gasteiger charge is -2.28. The van der Waals surface area contributed by atoms with Crippen molar-refractivity contribution in [2.45, 2.75) is 65.2 Å². The van der Waals surface area contributed by atoms with Gasteiger partial charge in [0.05, 0.1) is 18.1 Å². The predicted molar refractivity (Wildman–Crippen MR) is 173 cm³/mol. The standard InChI is InChI=1S/C35H43ClN2O7/c1-6-22(2)32-35(42)44-29(23(3)15-16-25-11-8-7-9-12-25)13-10-14-31(39)38-28(33(40)37-21-24(4)34(41)45-32)20-26-17-18-30(43-5)27(36)19-26/h7-12,14-19,22-24,28-29,32H,6,13,20-21H2,1-5H3,(H,37,40)(H,38,39)/t22-,23+,24+,28+,29-,32-/m0/s1. The van der Waals surface area contributed by atoms with Crippen molar-refractivity contribution in [1.82, 2.24) is 10.6 Å². The normalized spacial score (nSPS) is 23.4. The Morgan fingerprint density at radius 1 is 1.04 bits per heavy atom. The highest BCUT2D eigenvalue weighted by Gasteiger charge is 2.34. The average Bonchev–Trinajstić information content (AvgIpc) is 3.03. The monoisotopic (exact) mass is 638 g/mol. The van der Waals surface area contributed by atoms with E-state index in [-0.39, 0.29) is 31.2 Å². The Kier molecular flexibility index (Phi) is 13.7. The van der Waals surface area contributed by atoms with E-state index in [2.05, 4.69) is 10.6 Å². The topological polar surface area (TPSA) is 120 Å². The number of hydrogen-bond acceptors (Lipinski definition) is 7. The number of hydrogen-bond donors (Lipinski definition) is 2. The zero-order valence-electron chi connectivity index (χ0n) is 26.5. The van der Waals surface area contributed by atoms with Crippen LogP contribution in [0.5, 0.6) is 5.75 Å². The highest BCUT2D eigenvalue weighted by Crippen LogP contribution is 2.26. The fourth-order valence-electron chi connectivity index (χ4n) is 4.66. The summed E-state index contributed by atoms with van der Waals surface area (Å²) in [7, 11) is 1.51. The molecule has 2 N–H and O–H groups in total. The summed E-state index contributed by atoms with van der Waals surface area (Å²) in [6.07, 6.45) is 5.96. The molecule has 0 aromatic heterocycles. The molecule has 0 spiro atoms. The Morgan fingerprint density at radius 3 is 2.44 bits per heavy atom. The molecule has 10 heteroatoms. The summed E-state index contributed by atoms with van der Waals surface area (Å²) in [5, 5.41) is 5.85. The minimum absolute atomic E-state index is 0.0601. The Labute approximate surface area is 270 Å². The van der Waals surface area contributed by atoms with Crippen LogP contribution in [0.4, 0.5) is 0 Å². The molecule has 45 heavy (non-hydrogen) atoms. The first-order valence-electron chi connectivity index (χ1n) is 15.2. The lowest BCUT2D eigenvalue weighted by Crippen LogP contribution is -2.49. The molecule has 1 aliphatic rings. The van der Waals surface area contributed by atoms with Gasteiger partial charge in [0.15, 0.2) is 0 Å². The van der Waals surface area contributed by atoms with Crippen LogP contribution in [-0.4, -0.2) is 55.7 Å². The quantitative estimate of drug-likeness (QED) is 0.376. The van der Waals surface area contributed by atoms with E-state index in [9.17, 15) is 19.2 Å². The van der Waals surface area contributed by atoms with Gasteiger partial charge in [0, 0.05) is 31.2 Å². The SMILES string of the molecule is CC[C@H](C)[C@@H]1OC(=O)[C@H](C)CNC(=O)[C@@H](Cc2ccc(OC)c(Cl)c2)NC(=O)C=CC[C@@H]([C@H](C)C=Cc2ccccc2)OC1=O. The van der Waals surface area contributed by atoms with E-state index >= 15 is 0 Å². The van der Waals surface area contributed by atoms with Crippen molar-refractivity contribution in [2.75, 3.05) is 13.7 Å². The average molecular weight is 639 g/mol. The summed E-state index contributed by atoms with van der Waals surface area (Å²) in [5.41, 5.74) is 1.69. The number of ether oxygens (including phenoxy) is 3. The summed E-state index contributed by atoms with van der Waals surface area (Å²) >= 11 is 6.29. The van der Waals surface area contributed by atoms with Crippen LogP contribution in [0.2, 0.25) is 5.02 Å². The number of methoxy groups -OCH3 is 1. The van der Waals surface area contributed by atoms with E-state index in [4.69, 9.17) is 25.8 Å². The third-order valence-corrected chi connectivity index (χ3v) is 8.09. The van der Waals surface area contributed by atoms with Crippen molar-refractivity contribution >= 4 is 41.4 Å². The molecule has 6 atom stereocenters. The number of cyclic esters (lactones) is 2. The first-order chi connectivity index (χ1) is 21.5. The summed E-state index contributed by atoms with van der Waals surface area (Å²) in [4.78, 5) is 52.8. The van der Waals surface area contributed by atoms with E-state index in [0.717, 1.165) is 5.56 Å². The van der Waals surface area contributed by atoms with E-state index in [1.807, 2.05) is 63.3 Å². The first-order valence-corrected chi connectivity index (χ1v) is 15.6. The van der Waals surface area contributed by atoms with Crippen molar-refractivity contribution in [3.05, 3.63) is 82.9 Å². The second-order valence-corrected chi connectivity index (χ2v) is 11.8. The second-order valence-electron chi connectivity index (χ2n) is 11.4. The molecule has 242 valence electrons. The van der Waals surface area contributed by atoms with Gasteiger partial charge in [-0.25, -0.2) is 4.79 Å². The number of benzene rings is 2. The molecule has 1 heterocycles. The highest BCUT2D eigenvalue weighted by atomic mass is 35.5. The number of nitrogens with one attached hydrogen (secondary N) is 2. The molecule has 9 nitrogen and oxygen atoms in total. The molecule has 2 aromatic carbocycles. The molecule has 0 radical (unpaired) electrons. The first kappa shape index (κ1) is 35.4. The molecular formula is C35H43ClN2O7. The van der Waals surface area contributed by atoms with E-state index < -0.39 is 47.9 Å². The van der Waals surface area contributed by atoms with Crippen LogP contribution in [0.25, 0.3) is 6.08 Å². The van der Waals surface area contributed by atoms with Gasteiger partial charge in [-0.3, -0.25) is 14.4 Å². The van der Waals surface area contributed by atoms with Crippen LogP contribution in [0.15, 0.2) is 66.8 Å². The second kappa shape index (κ2) is 17.4. The maximum Gasteiger partial charge on any atom is 0.348 e. The Hall–Kier alpha value is -4.11. The van der Waals surface area contributed by atoms with Gasteiger partial charge in [-0.2, -0.15) is 0 Å². The van der Waals surface area contributed by atoms with Gasteiger partial charge >= 0.3 is 11.9 Å². The third-order valence-electron chi connectivity index (χ3n) is 7.79. The molecule has 3 rings (SSSR count). The molecule has 2 aromatic rings. The number of carbonyl (C=O) groups is 4. The van der Waals surface area contributed by atoms with Gasteiger partial charge in [0.1, 0.15) is 17.9 Å². The van der Waals surface area contributed by atoms with Crippen molar-refractivity contribution in [3.8, 4) is 5.75 Å². The van der Waals surface area contributed by atoms with E-state index in [1.165, 1.54) is 13.2 Å². The summed E-state index contributed by atoms with van der Waals surface area (Å²) < 4.78 is 16.9. The van der Waals surface area contributed by atoms with Gasteiger partial charge in [0.2, 0.25) is 17.9 Å². The van der Waals surface area contributed by atoms with Crippen LogP contribution in [0.3, 0.4) is 0 Å². The Balaban J connectivity index is 1.90. The predicted octanol–water partition coefficient (Wildman–Crippen LogP) is 5.31. The van der Waals surface area contributed by atoms with Gasteiger partial charge in [-0.05, 0) is 35.8 Å². The van der Waals surface area contributed by atoms with E-state index in [0.29, 0.717) is 22.8 Å². The molecule has 0 unspecified atom stereocenters. The molecular weight excluding hydrogens is 596 g/mol. The largest absolute Gasteiger partial charge is 0.495 e. The zero-order valence-corrected chi connectivity index (χ0v) is 27.2. The molecule has 1 aliphatic heterocycles. The van der Waals surface area contributed by atoms with Gasteiger partial charge in [0.25, 0.3) is 0 Å². The van der Waals surface area contributed by atoms with Gasteiger partial charge < -0.3 is 24.8 Å². The molecule has 0 bridgehead atoms. The van der Waals surface area contributed by atoms with Crippen LogP contribution in [0, 0.1) is 17.8 Å². The van der Waals surface area contributed by atoms with E-state index in [1.54, 1.807) is 31.2 Å². The third kappa shape index (κ3) is 10.8. The smallest absolute Gasteiger partial charge is 0.348 e. The minimum atomic E-state index is -1.12. The number of esters is 2. The highest BCUT2D eigenvalue weighted by molar-refractivity contribution is 6.32. The van der Waals surface area contributed by atoms with Crippen molar-refractivity contribution < 1.29 is 33.4 Å². The minimum Gasteiger partial charge on any atom is -0.495 e. The summed E-state index contributed by atoms with van der Waals surface area (Å²) in [6.45, 7) is 7.17. The lowest BCUT2D eigenvalue weighted by atomic mass is 9.98. The Morgan fingerprint density at radius 2 is 1.78 bits per heavy atom. The Bertz CT molecular complexity index is 1380. The van der Waals surface area contributed by atoms with Gasteiger partial charge in [-0.1, -0.05) is 93.9 Å². The molecule has 2 amide bonds. The fraction of sp³-hybridized carbons (Fsp3) is 0.429. The number of amides is 2. The van der Waals surface area contributed by atoms with Crippen LogP contribution < -0.4 is 15.4 Å².